The first-order valence-electron chi connectivity index (χ1n) is 13.8. The van der Waals surface area contributed by atoms with Gasteiger partial charge in [-0.1, -0.05) is 36.4 Å². The van der Waals surface area contributed by atoms with Gasteiger partial charge in [0, 0.05) is 24.2 Å². The number of halogens is 1. The van der Waals surface area contributed by atoms with Gasteiger partial charge >= 0.3 is 0 Å². The quantitative estimate of drug-likeness (QED) is 0.285. The van der Waals surface area contributed by atoms with Crippen molar-refractivity contribution >= 4 is 29.4 Å². The lowest BCUT2D eigenvalue weighted by atomic mass is 9.99. The van der Waals surface area contributed by atoms with Gasteiger partial charge in [-0.3, -0.25) is 14.5 Å². The van der Waals surface area contributed by atoms with Gasteiger partial charge < -0.3 is 14.4 Å². The fraction of sp³-hybridized carbons (Fsp3) is 0.281. The van der Waals surface area contributed by atoms with Crippen LogP contribution in [0.25, 0.3) is 16.9 Å². The SMILES string of the molecule is COc1ccc([C@H]2SCC(=O)N(CC(=O)N3CCCC3)c3c2c(-c2ccccc2)nn3-c2ccc(F)cc2)cc1OC. The van der Waals surface area contributed by atoms with E-state index in [2.05, 4.69) is 0 Å². The normalized spacial score (nSPS) is 16.7. The molecule has 1 atom stereocenters. The van der Waals surface area contributed by atoms with E-state index in [1.54, 1.807) is 35.9 Å². The van der Waals surface area contributed by atoms with Gasteiger partial charge in [0.15, 0.2) is 11.5 Å². The van der Waals surface area contributed by atoms with Gasteiger partial charge in [0.1, 0.15) is 18.2 Å². The zero-order valence-electron chi connectivity index (χ0n) is 23.5. The Morgan fingerprint density at radius 2 is 1.69 bits per heavy atom. The highest BCUT2D eigenvalue weighted by molar-refractivity contribution is 8.00. The molecule has 0 bridgehead atoms. The van der Waals surface area contributed by atoms with Gasteiger partial charge in [-0.05, 0) is 54.8 Å². The van der Waals surface area contributed by atoms with Crippen LogP contribution < -0.4 is 14.4 Å². The monoisotopic (exact) mass is 586 g/mol. The Bertz CT molecular complexity index is 1600. The summed E-state index contributed by atoms with van der Waals surface area (Å²) in [5.41, 5.74) is 3.81. The van der Waals surface area contributed by atoms with Gasteiger partial charge in [-0.15, -0.1) is 11.8 Å². The molecule has 0 radical (unpaired) electrons. The standard InChI is InChI=1S/C32H31FN4O4S/c1-40-25-15-10-22(18-26(25)41-2)31-29-30(21-8-4-3-5-9-21)34-37(24-13-11-23(33)12-14-24)32(29)36(28(39)20-42-31)19-27(38)35-16-6-7-17-35/h3-5,8-15,18,31H,6-7,16-17,19-20H2,1-2H3/t31-/m1/s1. The number of amides is 2. The molecule has 4 aromatic rings. The lowest BCUT2D eigenvalue weighted by Crippen LogP contribution is -2.43. The van der Waals surface area contributed by atoms with E-state index >= 15 is 0 Å². The first kappa shape index (κ1) is 27.8. The summed E-state index contributed by atoms with van der Waals surface area (Å²) >= 11 is 1.48. The number of thioether (sulfide) groups is 1. The zero-order chi connectivity index (χ0) is 29.2. The molecular formula is C32H31FN4O4S. The Morgan fingerprint density at radius 1 is 0.976 bits per heavy atom. The van der Waals surface area contributed by atoms with E-state index in [4.69, 9.17) is 14.6 Å². The highest BCUT2D eigenvalue weighted by Gasteiger charge is 2.38. The minimum atomic E-state index is -0.379. The fourth-order valence-electron chi connectivity index (χ4n) is 5.57. The predicted octanol–water partition coefficient (Wildman–Crippen LogP) is 5.49. The van der Waals surface area contributed by atoms with Crippen molar-refractivity contribution in [3.05, 3.63) is 89.7 Å². The molecule has 3 aromatic carbocycles. The largest absolute Gasteiger partial charge is 0.493 e. The molecule has 0 aliphatic carbocycles. The summed E-state index contributed by atoms with van der Waals surface area (Å²) in [4.78, 5) is 30.7. The number of benzene rings is 3. The Kier molecular flexibility index (Phi) is 7.88. The average molecular weight is 587 g/mol. The van der Waals surface area contributed by atoms with Crippen LogP contribution in [0.5, 0.6) is 11.5 Å². The van der Waals surface area contributed by atoms with Crippen LogP contribution in [0, 0.1) is 5.82 Å². The summed E-state index contributed by atoms with van der Waals surface area (Å²) in [6.07, 6.45) is 1.90. The zero-order valence-corrected chi connectivity index (χ0v) is 24.3. The van der Waals surface area contributed by atoms with Crippen molar-refractivity contribution < 1.29 is 23.5 Å². The number of aromatic nitrogens is 2. The molecule has 10 heteroatoms. The van der Waals surface area contributed by atoms with Crippen molar-refractivity contribution in [1.29, 1.82) is 0 Å². The number of carbonyl (C=O) groups excluding carboxylic acids is 2. The number of carbonyl (C=O) groups is 2. The fourth-order valence-corrected chi connectivity index (χ4v) is 6.76. The number of anilines is 1. The molecule has 6 rings (SSSR count). The predicted molar refractivity (Wildman–Crippen MR) is 161 cm³/mol. The maximum Gasteiger partial charge on any atom is 0.242 e. The second-order valence-corrected chi connectivity index (χ2v) is 11.3. The van der Waals surface area contributed by atoms with E-state index in [-0.39, 0.29) is 35.2 Å². The lowest BCUT2D eigenvalue weighted by molar-refractivity contribution is -0.130. The van der Waals surface area contributed by atoms with E-state index in [9.17, 15) is 14.0 Å². The third-order valence-electron chi connectivity index (χ3n) is 7.67. The van der Waals surface area contributed by atoms with Crippen molar-refractivity contribution in [2.24, 2.45) is 0 Å². The molecule has 216 valence electrons. The van der Waals surface area contributed by atoms with Crippen molar-refractivity contribution in [1.82, 2.24) is 14.7 Å². The molecule has 0 N–H and O–H groups in total. The molecule has 1 fully saturated rings. The van der Waals surface area contributed by atoms with Crippen molar-refractivity contribution in [2.45, 2.75) is 18.1 Å². The number of ether oxygens (including phenoxy) is 2. The number of methoxy groups -OCH3 is 2. The molecular weight excluding hydrogens is 555 g/mol. The van der Waals surface area contributed by atoms with Crippen LogP contribution in [0.15, 0.2) is 72.8 Å². The molecule has 0 saturated carbocycles. The Balaban J connectivity index is 1.60. The van der Waals surface area contributed by atoms with E-state index in [0.717, 1.165) is 29.5 Å². The number of hydrogen-bond donors (Lipinski definition) is 0. The summed E-state index contributed by atoms with van der Waals surface area (Å²) in [7, 11) is 3.18. The smallest absolute Gasteiger partial charge is 0.242 e. The van der Waals surface area contributed by atoms with Gasteiger partial charge in [0.25, 0.3) is 0 Å². The molecule has 3 heterocycles. The number of nitrogens with zero attached hydrogens (tertiary/aromatic N) is 4. The molecule has 0 unspecified atom stereocenters. The molecule has 8 nitrogen and oxygen atoms in total. The summed E-state index contributed by atoms with van der Waals surface area (Å²) < 4.78 is 26.8. The number of fused-ring (bicyclic) bond motifs is 1. The highest BCUT2D eigenvalue weighted by Crippen LogP contribution is 2.49. The van der Waals surface area contributed by atoms with Gasteiger partial charge in [-0.25, -0.2) is 9.07 Å². The number of rotatable bonds is 7. The van der Waals surface area contributed by atoms with Gasteiger partial charge in [0.2, 0.25) is 11.8 Å². The van der Waals surface area contributed by atoms with Crippen LogP contribution in [0.2, 0.25) is 0 Å². The molecule has 2 aliphatic rings. The second kappa shape index (κ2) is 11.9. The van der Waals surface area contributed by atoms with Crippen molar-refractivity contribution in [3.8, 4) is 28.4 Å². The molecule has 42 heavy (non-hydrogen) atoms. The maximum atomic E-state index is 14.0. The third-order valence-corrected chi connectivity index (χ3v) is 8.92. The number of likely N-dealkylation sites (tertiary alicyclic amines) is 1. The van der Waals surface area contributed by atoms with Gasteiger partial charge in [0.05, 0.1) is 36.6 Å². The highest BCUT2D eigenvalue weighted by atomic mass is 32.2. The summed E-state index contributed by atoms with van der Waals surface area (Å²) in [5.74, 6) is 1.15. The minimum absolute atomic E-state index is 0.102. The molecule has 2 amide bonds. The van der Waals surface area contributed by atoms with Crippen LogP contribution in [0.4, 0.5) is 10.2 Å². The topological polar surface area (TPSA) is 76.9 Å². The van der Waals surface area contributed by atoms with Crippen LogP contribution >= 0.6 is 11.8 Å². The number of hydrogen-bond acceptors (Lipinski definition) is 6. The Morgan fingerprint density at radius 3 is 2.38 bits per heavy atom. The first-order chi connectivity index (χ1) is 20.5. The van der Waals surface area contributed by atoms with Crippen molar-refractivity contribution in [3.63, 3.8) is 0 Å². The Hall–Kier alpha value is -4.31. The van der Waals surface area contributed by atoms with E-state index in [1.807, 2.05) is 53.4 Å². The van der Waals surface area contributed by atoms with E-state index in [1.165, 1.54) is 23.9 Å². The summed E-state index contributed by atoms with van der Waals surface area (Å²) in [6.45, 7) is 1.26. The Labute approximate surface area is 248 Å². The van der Waals surface area contributed by atoms with E-state index in [0.29, 0.717) is 41.8 Å². The van der Waals surface area contributed by atoms with Gasteiger partial charge in [-0.2, -0.15) is 5.10 Å². The maximum absolute atomic E-state index is 14.0. The first-order valence-corrected chi connectivity index (χ1v) is 14.9. The van der Waals surface area contributed by atoms with Crippen LogP contribution in [0.1, 0.15) is 29.2 Å². The molecule has 1 aromatic heterocycles. The van der Waals surface area contributed by atoms with Crippen molar-refractivity contribution in [2.75, 3.05) is 44.5 Å². The summed E-state index contributed by atoms with van der Waals surface area (Å²) in [6, 6.07) is 21.5. The molecule has 2 aliphatic heterocycles. The van der Waals surface area contributed by atoms with E-state index < -0.39 is 0 Å². The summed E-state index contributed by atoms with van der Waals surface area (Å²) in [5, 5.41) is 4.72. The minimum Gasteiger partial charge on any atom is -0.493 e. The second-order valence-electron chi connectivity index (χ2n) is 10.2. The van der Waals surface area contributed by atoms with Crippen LogP contribution in [-0.4, -0.2) is 66.1 Å². The molecule has 1 saturated heterocycles. The third kappa shape index (κ3) is 5.22. The molecule has 0 spiro atoms. The average Bonchev–Trinajstić information content (AvgIpc) is 3.67. The lowest BCUT2D eigenvalue weighted by Gasteiger charge is -2.25. The van der Waals surface area contributed by atoms with Crippen LogP contribution in [0.3, 0.4) is 0 Å². The van der Waals surface area contributed by atoms with Crippen LogP contribution in [-0.2, 0) is 9.59 Å².